The van der Waals surface area contributed by atoms with E-state index in [4.69, 9.17) is 9.47 Å². The first kappa shape index (κ1) is 20.8. The van der Waals surface area contributed by atoms with Crippen molar-refractivity contribution in [3.05, 3.63) is 95.6 Å². The van der Waals surface area contributed by atoms with Crippen molar-refractivity contribution in [1.29, 1.82) is 0 Å². The van der Waals surface area contributed by atoms with Gasteiger partial charge in [0.1, 0.15) is 12.4 Å². The highest BCUT2D eigenvalue weighted by Crippen LogP contribution is 2.17. The zero-order valence-corrected chi connectivity index (χ0v) is 16.5. The summed E-state index contributed by atoms with van der Waals surface area (Å²) in [4.78, 5) is 36.3. The van der Waals surface area contributed by atoms with Crippen LogP contribution in [0.4, 0.5) is 5.69 Å². The van der Waals surface area contributed by atoms with Crippen molar-refractivity contribution in [2.75, 3.05) is 11.9 Å². The molecule has 1 N–H and O–H groups in total. The number of Topliss-reactive ketones (excluding diaryl/α,β-unsaturated/α-hetero) is 1. The number of benzene rings is 3. The first-order chi connectivity index (χ1) is 14.5. The second kappa shape index (κ2) is 10.0. The van der Waals surface area contributed by atoms with Gasteiger partial charge in [0.2, 0.25) is 0 Å². The summed E-state index contributed by atoms with van der Waals surface area (Å²) in [5.74, 6) is -0.647. The molecule has 6 nitrogen and oxygen atoms in total. The second-order valence-electron chi connectivity index (χ2n) is 6.48. The van der Waals surface area contributed by atoms with Gasteiger partial charge >= 0.3 is 5.97 Å². The predicted molar refractivity (Wildman–Crippen MR) is 113 cm³/mol. The van der Waals surface area contributed by atoms with E-state index in [0.29, 0.717) is 28.1 Å². The molecule has 0 aliphatic carbocycles. The summed E-state index contributed by atoms with van der Waals surface area (Å²) in [6, 6.07) is 22.8. The van der Waals surface area contributed by atoms with Crippen LogP contribution in [0.25, 0.3) is 0 Å². The van der Waals surface area contributed by atoms with Gasteiger partial charge in [-0.05, 0) is 37.3 Å². The molecule has 0 heterocycles. The van der Waals surface area contributed by atoms with Crippen molar-refractivity contribution in [1.82, 2.24) is 0 Å². The van der Waals surface area contributed by atoms with E-state index in [9.17, 15) is 14.4 Å². The van der Waals surface area contributed by atoms with Gasteiger partial charge in [0.25, 0.3) is 5.91 Å². The van der Waals surface area contributed by atoms with Gasteiger partial charge < -0.3 is 14.8 Å². The van der Waals surface area contributed by atoms with Crippen LogP contribution >= 0.6 is 0 Å². The van der Waals surface area contributed by atoms with Crippen LogP contribution in [0, 0.1) is 0 Å². The minimum atomic E-state index is -0.628. The molecular formula is C24H21NO5. The molecule has 3 rings (SSSR count). The van der Waals surface area contributed by atoms with Gasteiger partial charge in [-0.25, -0.2) is 4.79 Å². The van der Waals surface area contributed by atoms with Gasteiger partial charge in [0, 0.05) is 11.1 Å². The summed E-state index contributed by atoms with van der Waals surface area (Å²) < 4.78 is 10.9. The van der Waals surface area contributed by atoms with Crippen molar-refractivity contribution in [3.63, 3.8) is 0 Å². The molecule has 0 aromatic heterocycles. The minimum absolute atomic E-state index is 0.171. The Labute approximate surface area is 174 Å². The highest BCUT2D eigenvalue weighted by atomic mass is 16.5. The SMILES string of the molecule is CC(=O)c1ccccc1NC(=O)COC(=O)c1ccccc1COc1ccccc1. The highest BCUT2D eigenvalue weighted by molar-refractivity contribution is 6.04. The number of carbonyl (C=O) groups is 3. The van der Waals surface area contributed by atoms with Crippen molar-refractivity contribution in [3.8, 4) is 5.75 Å². The van der Waals surface area contributed by atoms with Crippen LogP contribution in [-0.4, -0.2) is 24.3 Å². The molecule has 0 saturated heterocycles. The number of ether oxygens (including phenoxy) is 2. The summed E-state index contributed by atoms with van der Waals surface area (Å²) >= 11 is 0. The lowest BCUT2D eigenvalue weighted by atomic mass is 10.1. The summed E-state index contributed by atoms with van der Waals surface area (Å²) in [5, 5.41) is 2.60. The Hall–Kier alpha value is -3.93. The number of esters is 1. The maximum absolute atomic E-state index is 12.5. The topological polar surface area (TPSA) is 81.7 Å². The lowest BCUT2D eigenvalue weighted by Gasteiger charge is -2.12. The van der Waals surface area contributed by atoms with Gasteiger partial charge in [-0.2, -0.15) is 0 Å². The number of nitrogens with one attached hydrogen (secondary N) is 1. The van der Waals surface area contributed by atoms with E-state index in [-0.39, 0.29) is 12.4 Å². The molecule has 0 spiro atoms. The number of hydrogen-bond acceptors (Lipinski definition) is 5. The lowest BCUT2D eigenvalue weighted by Crippen LogP contribution is -2.22. The molecule has 3 aromatic carbocycles. The Kier molecular flexibility index (Phi) is 6.95. The molecule has 6 heteroatoms. The normalized spacial score (nSPS) is 10.2. The van der Waals surface area contributed by atoms with Gasteiger partial charge in [-0.3, -0.25) is 9.59 Å². The van der Waals surface area contributed by atoms with Crippen LogP contribution in [0.3, 0.4) is 0 Å². The van der Waals surface area contributed by atoms with E-state index in [1.165, 1.54) is 6.92 Å². The van der Waals surface area contributed by atoms with Crippen LogP contribution in [0.5, 0.6) is 5.75 Å². The zero-order chi connectivity index (χ0) is 21.3. The average Bonchev–Trinajstić information content (AvgIpc) is 2.77. The van der Waals surface area contributed by atoms with E-state index in [0.717, 1.165) is 0 Å². The van der Waals surface area contributed by atoms with Crippen molar-refractivity contribution < 1.29 is 23.9 Å². The molecule has 3 aromatic rings. The van der Waals surface area contributed by atoms with Crippen LogP contribution in [-0.2, 0) is 16.1 Å². The molecular weight excluding hydrogens is 382 g/mol. The number of hydrogen-bond donors (Lipinski definition) is 1. The van der Waals surface area contributed by atoms with E-state index < -0.39 is 18.5 Å². The smallest absolute Gasteiger partial charge is 0.339 e. The first-order valence-corrected chi connectivity index (χ1v) is 9.37. The molecule has 0 bridgehead atoms. The van der Waals surface area contributed by atoms with Gasteiger partial charge in [0.15, 0.2) is 12.4 Å². The minimum Gasteiger partial charge on any atom is -0.489 e. The molecule has 0 aliphatic rings. The van der Waals surface area contributed by atoms with Crippen molar-refractivity contribution >= 4 is 23.3 Å². The van der Waals surface area contributed by atoms with Crippen LogP contribution in [0.15, 0.2) is 78.9 Å². The van der Waals surface area contributed by atoms with E-state index in [1.807, 2.05) is 30.3 Å². The van der Waals surface area contributed by atoms with E-state index >= 15 is 0 Å². The highest BCUT2D eigenvalue weighted by Gasteiger charge is 2.16. The third-order valence-corrected chi connectivity index (χ3v) is 4.29. The summed E-state index contributed by atoms with van der Waals surface area (Å²) in [6.45, 7) is 1.13. The second-order valence-corrected chi connectivity index (χ2v) is 6.48. The quantitative estimate of drug-likeness (QED) is 0.449. The number of para-hydroxylation sites is 2. The molecule has 30 heavy (non-hydrogen) atoms. The first-order valence-electron chi connectivity index (χ1n) is 9.37. The van der Waals surface area contributed by atoms with Crippen molar-refractivity contribution in [2.24, 2.45) is 0 Å². The molecule has 0 unspecified atom stereocenters. The molecule has 152 valence electrons. The lowest BCUT2D eigenvalue weighted by molar-refractivity contribution is -0.119. The molecule has 0 saturated carbocycles. The summed E-state index contributed by atoms with van der Waals surface area (Å²) in [5.41, 5.74) is 1.74. The van der Waals surface area contributed by atoms with Crippen LogP contribution < -0.4 is 10.1 Å². The third-order valence-electron chi connectivity index (χ3n) is 4.29. The Morgan fingerprint density at radius 2 is 1.43 bits per heavy atom. The number of amides is 1. The Bertz CT molecular complexity index is 1050. The van der Waals surface area contributed by atoms with E-state index in [1.54, 1.807) is 48.5 Å². The Morgan fingerprint density at radius 3 is 2.17 bits per heavy atom. The van der Waals surface area contributed by atoms with Gasteiger partial charge in [-0.1, -0.05) is 48.5 Å². The maximum atomic E-state index is 12.5. The zero-order valence-electron chi connectivity index (χ0n) is 16.5. The van der Waals surface area contributed by atoms with Gasteiger partial charge in [-0.15, -0.1) is 0 Å². The number of anilines is 1. The maximum Gasteiger partial charge on any atom is 0.339 e. The molecule has 0 fully saturated rings. The summed E-state index contributed by atoms with van der Waals surface area (Å²) in [6.07, 6.45) is 0. The molecule has 0 radical (unpaired) electrons. The van der Waals surface area contributed by atoms with Crippen LogP contribution in [0.2, 0.25) is 0 Å². The summed E-state index contributed by atoms with van der Waals surface area (Å²) in [7, 11) is 0. The molecule has 1 amide bonds. The average molecular weight is 403 g/mol. The predicted octanol–water partition coefficient (Wildman–Crippen LogP) is 4.26. The Morgan fingerprint density at radius 1 is 0.800 bits per heavy atom. The van der Waals surface area contributed by atoms with Gasteiger partial charge in [0.05, 0.1) is 11.3 Å². The molecule has 0 atom stereocenters. The Balaban J connectivity index is 1.60. The third kappa shape index (κ3) is 5.54. The standard InChI is InChI=1S/C24H21NO5/c1-17(26)20-12-7-8-14-22(20)25-23(27)16-30-24(28)21-13-6-5-9-18(21)15-29-19-10-3-2-4-11-19/h2-14H,15-16H2,1H3,(H,25,27). The molecule has 0 aliphatic heterocycles. The number of carbonyl (C=O) groups excluding carboxylic acids is 3. The number of rotatable bonds is 8. The fourth-order valence-corrected chi connectivity index (χ4v) is 2.82. The fraction of sp³-hybridized carbons (Fsp3) is 0.125. The van der Waals surface area contributed by atoms with E-state index in [2.05, 4.69) is 5.32 Å². The van der Waals surface area contributed by atoms with Crippen LogP contribution in [0.1, 0.15) is 33.2 Å². The van der Waals surface area contributed by atoms with Crippen molar-refractivity contribution in [2.45, 2.75) is 13.5 Å². The largest absolute Gasteiger partial charge is 0.489 e. The number of ketones is 1. The monoisotopic (exact) mass is 403 g/mol. The fourth-order valence-electron chi connectivity index (χ4n) is 2.82.